The van der Waals surface area contributed by atoms with Crippen molar-refractivity contribution in [2.45, 2.75) is 25.2 Å². The average molecular weight is 280 g/mol. The lowest BCUT2D eigenvalue weighted by atomic mass is 10.2. The third-order valence-corrected chi connectivity index (χ3v) is 3.24. The van der Waals surface area contributed by atoms with E-state index in [-0.39, 0.29) is 25.5 Å². The fraction of sp³-hybridized carbons (Fsp3) is 0.429. The molecule has 1 aromatic carbocycles. The maximum atomic E-state index is 13.4. The van der Waals surface area contributed by atoms with Crippen molar-refractivity contribution in [1.29, 1.82) is 0 Å². The number of hydrogen-bond donors (Lipinski definition) is 1. The van der Waals surface area contributed by atoms with Gasteiger partial charge >= 0.3 is 6.09 Å². The summed E-state index contributed by atoms with van der Waals surface area (Å²) in [5.74, 6) is -0.373. The van der Waals surface area contributed by atoms with Crippen molar-refractivity contribution in [1.82, 2.24) is 10.2 Å². The summed E-state index contributed by atoms with van der Waals surface area (Å²) >= 11 is 0. The summed E-state index contributed by atoms with van der Waals surface area (Å²) in [6.45, 7) is -0.000695. The van der Waals surface area contributed by atoms with Gasteiger partial charge in [0.1, 0.15) is 18.8 Å². The predicted molar refractivity (Wildman–Crippen MR) is 70.7 cm³/mol. The molecule has 0 radical (unpaired) electrons. The van der Waals surface area contributed by atoms with Gasteiger partial charge in [-0.15, -0.1) is 0 Å². The number of rotatable bonds is 3. The van der Waals surface area contributed by atoms with E-state index in [2.05, 4.69) is 5.32 Å². The highest BCUT2D eigenvalue weighted by molar-refractivity contribution is 5.86. The first kappa shape index (κ1) is 14.3. The van der Waals surface area contributed by atoms with Gasteiger partial charge in [-0.05, 0) is 5.56 Å². The molecule has 0 spiro atoms. The van der Waals surface area contributed by atoms with Gasteiger partial charge in [0.05, 0.1) is 6.54 Å². The fourth-order valence-electron chi connectivity index (χ4n) is 2.20. The standard InChI is InChI=1S/C14H17FN2O3/c1-16-13(18)12-7-11(15)8-17(12)14(19)20-9-10-5-3-2-4-6-10/h2-6,11-12H,7-9H2,1H3,(H,16,18). The number of benzene rings is 1. The highest BCUT2D eigenvalue weighted by Crippen LogP contribution is 2.21. The summed E-state index contributed by atoms with van der Waals surface area (Å²) in [5, 5.41) is 2.43. The molecule has 1 aromatic rings. The van der Waals surface area contributed by atoms with Gasteiger partial charge in [0.15, 0.2) is 0 Å². The Bertz CT molecular complexity index is 481. The highest BCUT2D eigenvalue weighted by Gasteiger charge is 2.40. The summed E-state index contributed by atoms with van der Waals surface area (Å²) < 4.78 is 18.5. The minimum absolute atomic E-state index is 0.0140. The van der Waals surface area contributed by atoms with E-state index in [0.29, 0.717) is 0 Å². The molecule has 5 nitrogen and oxygen atoms in total. The maximum absolute atomic E-state index is 13.4. The van der Waals surface area contributed by atoms with E-state index in [0.717, 1.165) is 10.5 Å². The minimum atomic E-state index is -1.19. The molecule has 1 heterocycles. The van der Waals surface area contributed by atoms with Gasteiger partial charge in [-0.3, -0.25) is 9.69 Å². The summed E-state index contributed by atoms with van der Waals surface area (Å²) in [7, 11) is 1.46. The van der Waals surface area contributed by atoms with Crippen molar-refractivity contribution < 1.29 is 18.7 Å². The molecule has 108 valence electrons. The van der Waals surface area contributed by atoms with Gasteiger partial charge in [0.2, 0.25) is 5.91 Å². The van der Waals surface area contributed by atoms with Crippen LogP contribution in [0.15, 0.2) is 30.3 Å². The van der Waals surface area contributed by atoms with Gasteiger partial charge in [-0.2, -0.15) is 0 Å². The summed E-state index contributed by atoms with van der Waals surface area (Å²) in [4.78, 5) is 24.7. The van der Waals surface area contributed by atoms with E-state index >= 15 is 0 Å². The van der Waals surface area contributed by atoms with E-state index < -0.39 is 18.3 Å². The van der Waals surface area contributed by atoms with Gasteiger partial charge in [0.25, 0.3) is 0 Å². The Labute approximate surface area is 116 Å². The molecule has 0 aromatic heterocycles. The number of halogens is 1. The molecule has 1 N–H and O–H groups in total. The predicted octanol–water partition coefficient (Wildman–Crippen LogP) is 1.48. The van der Waals surface area contributed by atoms with E-state index in [1.807, 2.05) is 30.3 Å². The second kappa shape index (κ2) is 6.36. The Morgan fingerprint density at radius 3 is 2.75 bits per heavy atom. The monoisotopic (exact) mass is 280 g/mol. The Morgan fingerprint density at radius 1 is 1.40 bits per heavy atom. The molecular formula is C14H17FN2O3. The lowest BCUT2D eigenvalue weighted by Crippen LogP contribution is -2.45. The highest BCUT2D eigenvalue weighted by atomic mass is 19.1. The lowest BCUT2D eigenvalue weighted by molar-refractivity contribution is -0.124. The first-order chi connectivity index (χ1) is 9.61. The minimum Gasteiger partial charge on any atom is -0.445 e. The van der Waals surface area contributed by atoms with E-state index in [1.165, 1.54) is 7.05 Å². The number of carbonyl (C=O) groups excluding carboxylic acids is 2. The van der Waals surface area contributed by atoms with Crippen LogP contribution in [0.3, 0.4) is 0 Å². The largest absolute Gasteiger partial charge is 0.445 e. The van der Waals surface area contributed by atoms with Crippen LogP contribution in [0.2, 0.25) is 0 Å². The SMILES string of the molecule is CNC(=O)C1CC(F)CN1C(=O)OCc1ccccc1. The van der Waals surface area contributed by atoms with Crippen LogP contribution in [-0.2, 0) is 16.1 Å². The van der Waals surface area contributed by atoms with Crippen LogP contribution < -0.4 is 5.32 Å². The zero-order valence-corrected chi connectivity index (χ0v) is 11.2. The van der Waals surface area contributed by atoms with Crippen LogP contribution in [0, 0.1) is 0 Å². The van der Waals surface area contributed by atoms with Crippen molar-refractivity contribution >= 4 is 12.0 Å². The van der Waals surface area contributed by atoms with Gasteiger partial charge in [-0.1, -0.05) is 30.3 Å². The maximum Gasteiger partial charge on any atom is 0.410 e. The molecule has 1 saturated heterocycles. The van der Waals surface area contributed by atoms with Gasteiger partial charge in [-0.25, -0.2) is 9.18 Å². The molecule has 2 atom stereocenters. The number of nitrogens with one attached hydrogen (secondary N) is 1. The number of ether oxygens (including phenoxy) is 1. The smallest absolute Gasteiger partial charge is 0.410 e. The van der Waals surface area contributed by atoms with Crippen molar-refractivity contribution in [3.8, 4) is 0 Å². The fourth-order valence-corrected chi connectivity index (χ4v) is 2.20. The molecule has 1 aliphatic rings. The van der Waals surface area contributed by atoms with Crippen molar-refractivity contribution in [3.05, 3.63) is 35.9 Å². The molecule has 2 amide bonds. The second-order valence-corrected chi connectivity index (χ2v) is 4.66. The lowest BCUT2D eigenvalue weighted by Gasteiger charge is -2.22. The number of hydrogen-bond acceptors (Lipinski definition) is 3. The Kier molecular flexibility index (Phi) is 4.55. The Balaban J connectivity index is 1.95. The third kappa shape index (κ3) is 3.26. The molecule has 2 rings (SSSR count). The summed E-state index contributed by atoms with van der Waals surface area (Å²) in [6.07, 6.45) is -1.84. The first-order valence-electron chi connectivity index (χ1n) is 6.44. The number of amides is 2. The van der Waals surface area contributed by atoms with Gasteiger partial charge < -0.3 is 10.1 Å². The molecule has 2 unspecified atom stereocenters. The number of nitrogens with zero attached hydrogens (tertiary/aromatic N) is 1. The number of likely N-dealkylation sites (tertiary alicyclic amines) is 1. The summed E-state index contributed by atoms with van der Waals surface area (Å²) in [6, 6.07) is 8.39. The van der Waals surface area contributed by atoms with Crippen molar-refractivity contribution in [3.63, 3.8) is 0 Å². The number of alkyl halides is 1. The van der Waals surface area contributed by atoms with Crippen molar-refractivity contribution in [2.75, 3.05) is 13.6 Å². The molecule has 20 heavy (non-hydrogen) atoms. The Hall–Kier alpha value is -2.11. The molecule has 6 heteroatoms. The average Bonchev–Trinajstić information content (AvgIpc) is 2.87. The van der Waals surface area contributed by atoms with Crippen LogP contribution in [0.4, 0.5) is 9.18 Å². The van der Waals surface area contributed by atoms with Crippen LogP contribution in [0.25, 0.3) is 0 Å². The number of likely N-dealkylation sites (N-methyl/N-ethyl adjacent to an activating group) is 1. The normalized spacial score (nSPS) is 21.6. The number of carbonyl (C=O) groups is 2. The van der Waals surface area contributed by atoms with E-state index in [9.17, 15) is 14.0 Å². The van der Waals surface area contributed by atoms with Crippen LogP contribution >= 0.6 is 0 Å². The molecule has 0 aliphatic carbocycles. The van der Waals surface area contributed by atoms with Crippen LogP contribution in [-0.4, -0.2) is 42.7 Å². The first-order valence-corrected chi connectivity index (χ1v) is 6.44. The van der Waals surface area contributed by atoms with Crippen LogP contribution in [0.5, 0.6) is 0 Å². The topological polar surface area (TPSA) is 58.6 Å². The Morgan fingerprint density at radius 2 is 2.10 bits per heavy atom. The molecule has 1 aliphatic heterocycles. The van der Waals surface area contributed by atoms with Gasteiger partial charge in [0, 0.05) is 13.5 Å². The van der Waals surface area contributed by atoms with Crippen LogP contribution in [0.1, 0.15) is 12.0 Å². The van der Waals surface area contributed by atoms with E-state index in [4.69, 9.17) is 4.74 Å². The molecule has 1 fully saturated rings. The van der Waals surface area contributed by atoms with Crippen molar-refractivity contribution in [2.24, 2.45) is 0 Å². The molecule has 0 bridgehead atoms. The molecular weight excluding hydrogens is 263 g/mol. The zero-order chi connectivity index (χ0) is 14.5. The van der Waals surface area contributed by atoms with E-state index in [1.54, 1.807) is 0 Å². The second-order valence-electron chi connectivity index (χ2n) is 4.66. The third-order valence-electron chi connectivity index (χ3n) is 3.24. The zero-order valence-electron chi connectivity index (χ0n) is 11.2. The summed E-state index contributed by atoms with van der Waals surface area (Å²) in [5.41, 5.74) is 0.841. The molecule has 0 saturated carbocycles. The quantitative estimate of drug-likeness (QED) is 0.912.